The first-order valence-corrected chi connectivity index (χ1v) is 10.3. The van der Waals surface area contributed by atoms with Gasteiger partial charge in [-0.05, 0) is 17.0 Å². The van der Waals surface area contributed by atoms with Crippen LogP contribution in [0.2, 0.25) is 0 Å². The summed E-state index contributed by atoms with van der Waals surface area (Å²) in [5, 5.41) is 2.55. The van der Waals surface area contributed by atoms with Crippen LogP contribution in [0.1, 0.15) is 25.3 Å². The van der Waals surface area contributed by atoms with Crippen molar-refractivity contribution in [2.24, 2.45) is 0 Å². The first-order valence-electron chi connectivity index (χ1n) is 9.47. The monoisotopic (exact) mass is 397 g/mol. The summed E-state index contributed by atoms with van der Waals surface area (Å²) in [6.45, 7) is 6.53. The zero-order valence-electron chi connectivity index (χ0n) is 16.1. The van der Waals surface area contributed by atoms with Crippen LogP contribution in [0.15, 0.2) is 40.8 Å². The second-order valence-corrected chi connectivity index (χ2v) is 8.14. The predicted molar refractivity (Wildman–Crippen MR) is 111 cm³/mol. The maximum Gasteiger partial charge on any atom is 0.263 e. The van der Waals surface area contributed by atoms with Gasteiger partial charge in [-0.25, -0.2) is 4.98 Å². The molecule has 0 spiro atoms. The third kappa shape index (κ3) is 3.59. The summed E-state index contributed by atoms with van der Waals surface area (Å²) in [7, 11) is 0. The average Bonchev–Trinajstić information content (AvgIpc) is 3.15. The summed E-state index contributed by atoms with van der Waals surface area (Å²) in [5.41, 5.74) is 2.96. The van der Waals surface area contributed by atoms with Crippen LogP contribution < -0.4 is 5.56 Å². The number of aromatic nitrogens is 2. The first kappa shape index (κ1) is 18.8. The molecule has 0 N–H and O–H groups in total. The number of benzene rings is 1. The van der Waals surface area contributed by atoms with Crippen LogP contribution in [0.25, 0.3) is 21.3 Å². The third-order valence-electron chi connectivity index (χ3n) is 5.12. The van der Waals surface area contributed by atoms with Crippen LogP contribution in [0.4, 0.5) is 0 Å². The zero-order valence-corrected chi connectivity index (χ0v) is 16.9. The molecule has 0 radical (unpaired) electrons. The molecule has 146 valence electrons. The van der Waals surface area contributed by atoms with E-state index in [1.807, 2.05) is 17.5 Å². The topological polar surface area (TPSA) is 64.4 Å². The highest BCUT2D eigenvalue weighted by Crippen LogP contribution is 2.31. The largest absolute Gasteiger partial charge is 0.378 e. The summed E-state index contributed by atoms with van der Waals surface area (Å²) >= 11 is 1.45. The standard InChI is InChI=1S/C21H23N3O3S/c1-14(2)15-3-5-16(6-4-15)17-12-28-20-19(17)21(26)24(13-22-20)11-18(25)23-7-9-27-10-8-23/h3-6,12-14H,7-11H2,1-2H3. The Morgan fingerprint density at radius 1 is 1.21 bits per heavy atom. The molecule has 1 fully saturated rings. The fourth-order valence-corrected chi connectivity index (χ4v) is 4.31. The molecule has 1 aliphatic heterocycles. The normalized spacial score (nSPS) is 14.8. The Hall–Kier alpha value is -2.51. The smallest absolute Gasteiger partial charge is 0.263 e. The van der Waals surface area contributed by atoms with Crippen molar-refractivity contribution in [2.45, 2.75) is 26.3 Å². The van der Waals surface area contributed by atoms with Crippen LogP contribution in [0, 0.1) is 0 Å². The molecule has 7 heteroatoms. The SMILES string of the molecule is CC(C)c1ccc(-c2csc3ncn(CC(=O)N4CCOCC4)c(=O)c23)cc1. The molecule has 4 rings (SSSR count). The van der Waals surface area contributed by atoms with Crippen LogP contribution in [0.3, 0.4) is 0 Å². The van der Waals surface area contributed by atoms with Crippen molar-refractivity contribution >= 4 is 27.5 Å². The van der Waals surface area contributed by atoms with Crippen molar-refractivity contribution < 1.29 is 9.53 Å². The van der Waals surface area contributed by atoms with E-state index in [0.29, 0.717) is 42.4 Å². The van der Waals surface area contributed by atoms with E-state index in [1.54, 1.807) is 4.90 Å². The highest BCUT2D eigenvalue weighted by atomic mass is 32.1. The Kier molecular flexibility index (Phi) is 5.28. The van der Waals surface area contributed by atoms with Gasteiger partial charge in [0.25, 0.3) is 5.56 Å². The average molecular weight is 398 g/mol. The quantitative estimate of drug-likeness (QED) is 0.679. The lowest BCUT2D eigenvalue weighted by molar-refractivity contribution is -0.135. The fourth-order valence-electron chi connectivity index (χ4n) is 3.40. The van der Waals surface area contributed by atoms with Gasteiger partial charge >= 0.3 is 0 Å². The van der Waals surface area contributed by atoms with Crippen molar-refractivity contribution in [2.75, 3.05) is 26.3 Å². The highest BCUT2D eigenvalue weighted by molar-refractivity contribution is 7.17. The van der Waals surface area contributed by atoms with E-state index in [-0.39, 0.29) is 18.0 Å². The first-order chi connectivity index (χ1) is 13.5. The molecule has 28 heavy (non-hydrogen) atoms. The number of nitrogens with zero attached hydrogens (tertiary/aromatic N) is 3. The molecule has 1 aliphatic rings. The van der Waals surface area contributed by atoms with E-state index in [1.165, 1.54) is 27.8 Å². The number of carbonyl (C=O) groups is 1. The molecule has 6 nitrogen and oxygen atoms in total. The molecule has 1 saturated heterocycles. The van der Waals surface area contributed by atoms with Gasteiger partial charge in [-0.2, -0.15) is 0 Å². The number of hydrogen-bond acceptors (Lipinski definition) is 5. The number of morpholine rings is 1. The molecule has 3 heterocycles. The molecule has 1 amide bonds. The van der Waals surface area contributed by atoms with Gasteiger partial charge in [-0.15, -0.1) is 11.3 Å². The Bertz CT molecular complexity index is 1050. The molecule has 1 aromatic carbocycles. The van der Waals surface area contributed by atoms with Crippen molar-refractivity contribution in [1.82, 2.24) is 14.5 Å². The second kappa shape index (κ2) is 7.85. The number of fused-ring (bicyclic) bond motifs is 1. The molecular formula is C21H23N3O3S. The second-order valence-electron chi connectivity index (χ2n) is 7.28. The molecule has 0 aliphatic carbocycles. The van der Waals surface area contributed by atoms with Crippen molar-refractivity contribution in [1.29, 1.82) is 0 Å². The summed E-state index contributed by atoms with van der Waals surface area (Å²) in [6, 6.07) is 8.29. The zero-order chi connectivity index (χ0) is 19.7. The van der Waals surface area contributed by atoms with E-state index in [9.17, 15) is 9.59 Å². The van der Waals surface area contributed by atoms with Crippen molar-refractivity contribution in [3.63, 3.8) is 0 Å². The lowest BCUT2D eigenvalue weighted by Gasteiger charge is -2.26. The summed E-state index contributed by atoms with van der Waals surface area (Å²) in [5.74, 6) is 0.378. The van der Waals surface area contributed by atoms with E-state index >= 15 is 0 Å². The lowest BCUT2D eigenvalue weighted by Crippen LogP contribution is -2.43. The number of carbonyl (C=O) groups excluding carboxylic acids is 1. The minimum atomic E-state index is -0.171. The van der Waals surface area contributed by atoms with E-state index in [0.717, 1.165) is 11.1 Å². The molecule has 0 atom stereocenters. The molecule has 2 aromatic heterocycles. The Morgan fingerprint density at radius 3 is 2.61 bits per heavy atom. The minimum Gasteiger partial charge on any atom is -0.378 e. The van der Waals surface area contributed by atoms with E-state index in [2.05, 4.69) is 31.0 Å². The minimum absolute atomic E-state index is 0.00332. The number of rotatable bonds is 4. The lowest BCUT2D eigenvalue weighted by atomic mass is 9.99. The van der Waals surface area contributed by atoms with Crippen LogP contribution in [-0.2, 0) is 16.1 Å². The molecule has 3 aromatic rings. The summed E-state index contributed by atoms with van der Waals surface area (Å²) in [4.78, 5) is 32.5. The third-order valence-corrected chi connectivity index (χ3v) is 6.00. The van der Waals surface area contributed by atoms with Gasteiger partial charge in [0.05, 0.1) is 24.9 Å². The van der Waals surface area contributed by atoms with Gasteiger partial charge < -0.3 is 9.64 Å². The van der Waals surface area contributed by atoms with Gasteiger partial charge in [-0.3, -0.25) is 14.2 Å². The predicted octanol–water partition coefficient (Wildman–Crippen LogP) is 3.11. The summed E-state index contributed by atoms with van der Waals surface area (Å²) in [6.07, 6.45) is 1.48. The molecule has 0 bridgehead atoms. The van der Waals surface area contributed by atoms with E-state index in [4.69, 9.17) is 4.74 Å². The van der Waals surface area contributed by atoms with Gasteiger partial charge in [0.1, 0.15) is 11.4 Å². The number of amides is 1. The Labute approximate surface area is 167 Å². The van der Waals surface area contributed by atoms with Gasteiger partial charge in [-0.1, -0.05) is 38.1 Å². The van der Waals surface area contributed by atoms with Gasteiger partial charge in [0, 0.05) is 24.0 Å². The number of hydrogen-bond donors (Lipinski definition) is 0. The Morgan fingerprint density at radius 2 is 1.93 bits per heavy atom. The Balaban J connectivity index is 1.67. The van der Waals surface area contributed by atoms with Crippen LogP contribution >= 0.6 is 11.3 Å². The van der Waals surface area contributed by atoms with Gasteiger partial charge in [0.15, 0.2) is 0 Å². The maximum atomic E-state index is 13.1. The fraction of sp³-hybridized carbons (Fsp3) is 0.381. The van der Waals surface area contributed by atoms with Crippen LogP contribution in [-0.4, -0.2) is 46.7 Å². The maximum absolute atomic E-state index is 13.1. The van der Waals surface area contributed by atoms with Crippen LogP contribution in [0.5, 0.6) is 0 Å². The highest BCUT2D eigenvalue weighted by Gasteiger charge is 2.19. The number of ether oxygens (including phenoxy) is 1. The van der Waals surface area contributed by atoms with Crippen molar-refractivity contribution in [3.8, 4) is 11.1 Å². The summed E-state index contributed by atoms with van der Waals surface area (Å²) < 4.78 is 6.70. The molecular weight excluding hydrogens is 374 g/mol. The van der Waals surface area contributed by atoms with Crippen molar-refractivity contribution in [3.05, 3.63) is 51.9 Å². The van der Waals surface area contributed by atoms with Gasteiger partial charge in [0.2, 0.25) is 5.91 Å². The molecule has 0 unspecified atom stereocenters. The number of thiophene rings is 1. The molecule has 0 saturated carbocycles. The van der Waals surface area contributed by atoms with E-state index < -0.39 is 0 Å².